The van der Waals surface area contributed by atoms with Crippen LogP contribution in [0.25, 0.3) is 11.1 Å². The molecule has 0 bridgehead atoms. The van der Waals surface area contributed by atoms with Gasteiger partial charge in [0.2, 0.25) is 0 Å². The molecule has 1 fully saturated rings. The first-order valence-corrected chi connectivity index (χ1v) is 7.84. The van der Waals surface area contributed by atoms with Gasteiger partial charge >= 0.3 is 6.09 Å². The molecule has 0 saturated carbocycles. The molecule has 3 aromatic rings. The molecule has 4 heteroatoms. The first-order chi connectivity index (χ1) is 11.8. The number of ether oxygens (including phenoxy) is 1. The number of hydrogen-bond donors (Lipinski definition) is 1. The zero-order valence-corrected chi connectivity index (χ0v) is 12.9. The van der Waals surface area contributed by atoms with E-state index >= 15 is 0 Å². The third kappa shape index (κ3) is 2.74. The van der Waals surface area contributed by atoms with Crippen molar-refractivity contribution in [1.82, 2.24) is 10.3 Å². The standard InChI is InChI=1S/C20H16N2O2/c23-20-22-18(19(24-20)15-9-5-2-6-10-15)17-11-16(12-21-13-17)14-7-3-1-4-8-14/h1-13,18-19H,(H,22,23)/t18-,19-/m1/s1. The molecule has 0 unspecified atom stereocenters. The van der Waals surface area contributed by atoms with Gasteiger partial charge in [0, 0.05) is 18.0 Å². The van der Waals surface area contributed by atoms with Gasteiger partial charge in [0.25, 0.3) is 0 Å². The first kappa shape index (κ1) is 14.5. The smallest absolute Gasteiger partial charge is 0.408 e. The van der Waals surface area contributed by atoms with Gasteiger partial charge in [0.15, 0.2) is 6.10 Å². The van der Waals surface area contributed by atoms with Crippen LogP contribution in [0.2, 0.25) is 0 Å². The number of rotatable bonds is 3. The van der Waals surface area contributed by atoms with Crippen molar-refractivity contribution in [2.24, 2.45) is 0 Å². The van der Waals surface area contributed by atoms with E-state index in [4.69, 9.17) is 4.74 Å². The molecular weight excluding hydrogens is 300 g/mol. The normalized spacial score (nSPS) is 19.6. The topological polar surface area (TPSA) is 51.2 Å². The van der Waals surface area contributed by atoms with Crippen molar-refractivity contribution in [3.8, 4) is 11.1 Å². The number of cyclic esters (lactones) is 1. The predicted octanol–water partition coefficient (Wildman–Crippen LogP) is 4.27. The van der Waals surface area contributed by atoms with Crippen LogP contribution in [-0.2, 0) is 4.74 Å². The van der Waals surface area contributed by atoms with E-state index in [1.54, 1.807) is 6.20 Å². The van der Waals surface area contributed by atoms with Crippen molar-refractivity contribution in [2.75, 3.05) is 0 Å². The number of carbonyl (C=O) groups excluding carboxylic acids is 1. The van der Waals surface area contributed by atoms with Gasteiger partial charge in [-0.25, -0.2) is 4.79 Å². The van der Waals surface area contributed by atoms with Crippen molar-refractivity contribution >= 4 is 6.09 Å². The summed E-state index contributed by atoms with van der Waals surface area (Å²) < 4.78 is 5.48. The molecule has 2 atom stereocenters. The summed E-state index contributed by atoms with van der Waals surface area (Å²) in [5.74, 6) is 0. The molecule has 1 N–H and O–H groups in total. The van der Waals surface area contributed by atoms with Gasteiger partial charge < -0.3 is 10.1 Å². The molecule has 1 aliphatic rings. The lowest BCUT2D eigenvalue weighted by Crippen LogP contribution is -2.19. The fraction of sp³-hybridized carbons (Fsp3) is 0.100. The van der Waals surface area contributed by atoms with E-state index in [-0.39, 0.29) is 12.1 Å². The predicted molar refractivity (Wildman–Crippen MR) is 91.2 cm³/mol. The number of amides is 1. The highest BCUT2D eigenvalue weighted by atomic mass is 16.6. The van der Waals surface area contributed by atoms with Gasteiger partial charge in [-0.15, -0.1) is 0 Å². The highest BCUT2D eigenvalue weighted by molar-refractivity contribution is 5.71. The number of carbonyl (C=O) groups is 1. The summed E-state index contributed by atoms with van der Waals surface area (Å²) in [4.78, 5) is 16.2. The average Bonchev–Trinajstić information content (AvgIpc) is 3.05. The summed E-state index contributed by atoms with van der Waals surface area (Å²) >= 11 is 0. The van der Waals surface area contributed by atoms with Crippen molar-refractivity contribution in [3.63, 3.8) is 0 Å². The number of nitrogens with one attached hydrogen (secondary N) is 1. The van der Waals surface area contributed by atoms with Crippen LogP contribution >= 0.6 is 0 Å². The first-order valence-electron chi connectivity index (χ1n) is 7.84. The molecule has 0 radical (unpaired) electrons. The maximum atomic E-state index is 11.8. The van der Waals surface area contributed by atoms with Crippen molar-refractivity contribution in [2.45, 2.75) is 12.1 Å². The van der Waals surface area contributed by atoms with E-state index in [9.17, 15) is 4.79 Å². The highest BCUT2D eigenvalue weighted by Gasteiger charge is 2.36. The van der Waals surface area contributed by atoms with Gasteiger partial charge in [-0.05, 0) is 22.8 Å². The van der Waals surface area contributed by atoms with Crippen LogP contribution < -0.4 is 5.32 Å². The minimum Gasteiger partial charge on any atom is -0.439 e. The Bertz CT molecular complexity index is 850. The molecule has 1 saturated heterocycles. The van der Waals surface area contributed by atoms with Crippen molar-refractivity contribution in [3.05, 3.63) is 90.3 Å². The summed E-state index contributed by atoms with van der Waals surface area (Å²) in [6.45, 7) is 0. The minimum atomic E-state index is -0.404. The molecule has 1 amide bonds. The SMILES string of the molecule is O=C1N[C@H](c2cncc(-c3ccccc3)c2)[C@@H](c2ccccc2)O1. The maximum absolute atomic E-state index is 11.8. The van der Waals surface area contributed by atoms with E-state index in [0.717, 1.165) is 22.3 Å². The van der Waals surface area contributed by atoms with Crippen molar-refractivity contribution in [1.29, 1.82) is 0 Å². The summed E-state index contributed by atoms with van der Waals surface area (Å²) in [5.41, 5.74) is 4.00. The lowest BCUT2D eigenvalue weighted by Gasteiger charge is -2.18. The molecular formula is C20H16N2O2. The van der Waals surface area contributed by atoms with Crippen molar-refractivity contribution < 1.29 is 9.53 Å². The fourth-order valence-electron chi connectivity index (χ4n) is 3.00. The number of benzene rings is 2. The second-order valence-electron chi connectivity index (χ2n) is 5.73. The van der Waals surface area contributed by atoms with Gasteiger partial charge in [0.05, 0.1) is 0 Å². The van der Waals surface area contributed by atoms with Gasteiger partial charge in [-0.2, -0.15) is 0 Å². The maximum Gasteiger partial charge on any atom is 0.408 e. The number of pyridine rings is 1. The Morgan fingerprint density at radius 1 is 0.833 bits per heavy atom. The molecule has 24 heavy (non-hydrogen) atoms. The van der Waals surface area contributed by atoms with Crippen LogP contribution in [0.5, 0.6) is 0 Å². The monoisotopic (exact) mass is 316 g/mol. The van der Waals surface area contributed by atoms with E-state index in [0.29, 0.717) is 0 Å². The van der Waals surface area contributed by atoms with E-state index in [1.807, 2.05) is 66.9 Å². The Morgan fingerprint density at radius 3 is 2.29 bits per heavy atom. The van der Waals surface area contributed by atoms with Crippen LogP contribution in [0.15, 0.2) is 79.1 Å². The van der Waals surface area contributed by atoms with Crippen LogP contribution in [0.1, 0.15) is 23.3 Å². The number of alkyl carbamates (subject to hydrolysis) is 1. The summed E-state index contributed by atoms with van der Waals surface area (Å²) in [5, 5.41) is 2.90. The molecule has 0 spiro atoms. The molecule has 1 aliphatic heterocycles. The summed E-state index contributed by atoms with van der Waals surface area (Å²) in [6.07, 6.45) is 2.85. The molecule has 0 aliphatic carbocycles. The Kier molecular flexibility index (Phi) is 3.71. The average molecular weight is 316 g/mol. The molecule has 1 aromatic heterocycles. The fourth-order valence-corrected chi connectivity index (χ4v) is 3.00. The third-order valence-electron chi connectivity index (χ3n) is 4.16. The Morgan fingerprint density at radius 2 is 1.54 bits per heavy atom. The zero-order valence-electron chi connectivity index (χ0n) is 12.9. The lowest BCUT2D eigenvalue weighted by molar-refractivity contribution is 0.132. The Labute approximate surface area is 140 Å². The minimum absolute atomic E-state index is 0.254. The molecule has 2 heterocycles. The molecule has 4 rings (SSSR count). The quantitative estimate of drug-likeness (QED) is 0.785. The van der Waals surface area contributed by atoms with Gasteiger partial charge in [-0.3, -0.25) is 4.98 Å². The Balaban J connectivity index is 1.71. The molecule has 4 nitrogen and oxygen atoms in total. The van der Waals surface area contributed by atoms with Crippen LogP contribution in [0, 0.1) is 0 Å². The zero-order chi connectivity index (χ0) is 16.4. The van der Waals surface area contributed by atoms with Crippen LogP contribution in [0.4, 0.5) is 4.79 Å². The van der Waals surface area contributed by atoms with E-state index in [1.165, 1.54) is 0 Å². The summed E-state index contributed by atoms with van der Waals surface area (Å²) in [6, 6.07) is 21.6. The van der Waals surface area contributed by atoms with Gasteiger partial charge in [-0.1, -0.05) is 60.7 Å². The molecule has 118 valence electrons. The van der Waals surface area contributed by atoms with E-state index < -0.39 is 6.09 Å². The van der Waals surface area contributed by atoms with Crippen LogP contribution in [0.3, 0.4) is 0 Å². The second-order valence-corrected chi connectivity index (χ2v) is 5.73. The third-order valence-corrected chi connectivity index (χ3v) is 4.16. The number of aromatic nitrogens is 1. The van der Waals surface area contributed by atoms with Gasteiger partial charge in [0.1, 0.15) is 6.04 Å². The Hall–Kier alpha value is -3.14. The van der Waals surface area contributed by atoms with E-state index in [2.05, 4.69) is 16.4 Å². The number of hydrogen-bond acceptors (Lipinski definition) is 3. The highest BCUT2D eigenvalue weighted by Crippen LogP contribution is 2.37. The lowest BCUT2D eigenvalue weighted by atomic mass is 9.96. The summed E-state index contributed by atoms with van der Waals surface area (Å²) in [7, 11) is 0. The largest absolute Gasteiger partial charge is 0.439 e. The van der Waals surface area contributed by atoms with Crippen LogP contribution in [-0.4, -0.2) is 11.1 Å². The second kappa shape index (κ2) is 6.16. The number of nitrogens with zero attached hydrogens (tertiary/aromatic N) is 1. The molecule has 2 aromatic carbocycles.